The first kappa shape index (κ1) is 31.2. The molecule has 1 aromatic heterocycles. The molecule has 4 aliphatic rings. The fraction of sp³-hybridized carbons (Fsp3) is 0.154. The molecule has 2 heterocycles. The van der Waals surface area contributed by atoms with E-state index >= 15 is 0 Å². The number of fused-ring (bicyclic) bond motifs is 12. The van der Waals surface area contributed by atoms with E-state index in [1.807, 2.05) is 23.1 Å². The van der Waals surface area contributed by atoms with Crippen molar-refractivity contribution in [2.45, 2.75) is 54.6 Å². The molecule has 258 valence electrons. The molecule has 0 nitrogen and oxygen atoms in total. The lowest BCUT2D eigenvalue weighted by atomic mass is 9.67. The predicted octanol–water partition coefficient (Wildman–Crippen LogP) is 14.8. The highest BCUT2D eigenvalue weighted by atomic mass is 32.2. The van der Waals surface area contributed by atoms with E-state index < -0.39 is 0 Å². The van der Waals surface area contributed by atoms with Crippen LogP contribution in [0.4, 0.5) is 0 Å². The van der Waals surface area contributed by atoms with Gasteiger partial charge in [0.15, 0.2) is 0 Å². The topological polar surface area (TPSA) is 0 Å². The minimum atomic E-state index is -0.163. The lowest BCUT2D eigenvalue weighted by molar-refractivity contribution is 0.644. The summed E-state index contributed by atoms with van der Waals surface area (Å²) in [6.45, 7) is 9.76. The van der Waals surface area contributed by atoms with Gasteiger partial charge in [0.2, 0.25) is 0 Å². The summed E-state index contributed by atoms with van der Waals surface area (Å²) in [6, 6.07) is 47.0. The Balaban J connectivity index is 1.04. The highest BCUT2D eigenvalue weighted by molar-refractivity contribution is 8.00. The van der Waals surface area contributed by atoms with Gasteiger partial charge in [-0.2, -0.15) is 0 Å². The molecule has 0 spiro atoms. The first-order chi connectivity index (χ1) is 26.3. The summed E-state index contributed by atoms with van der Waals surface area (Å²) in [4.78, 5) is 1.42. The summed E-state index contributed by atoms with van der Waals surface area (Å²) in [5.74, 6) is 0.428. The molecule has 3 aliphatic carbocycles. The standard InChI is InChI=1S/C52H38S2/c1-51(2)39-17-9-16-37-47-34-25-23-30(32-15-11-21-46-50(32)36-13-6-8-19-44(36)54-46)27-41(34)52(3,4)42(47)28-38(48(37)39)33-24-22-29(26-40(33)51)31-14-10-20-45-49(31)35-12-5-7-18-43(35)53-45/h5-28,36,44H,1-4H3. The minimum absolute atomic E-state index is 0.146. The van der Waals surface area contributed by atoms with Crippen molar-refractivity contribution in [1.29, 1.82) is 0 Å². The number of thiophene rings is 1. The van der Waals surface area contributed by atoms with Crippen LogP contribution in [0.15, 0.2) is 151 Å². The summed E-state index contributed by atoms with van der Waals surface area (Å²) in [5.41, 5.74) is 17.8. The Labute approximate surface area is 324 Å². The molecule has 0 N–H and O–H groups in total. The summed E-state index contributed by atoms with van der Waals surface area (Å²) < 4.78 is 2.70. The van der Waals surface area contributed by atoms with Crippen molar-refractivity contribution in [2.24, 2.45) is 0 Å². The Morgan fingerprint density at radius 3 is 2.06 bits per heavy atom. The highest BCUT2D eigenvalue weighted by Crippen LogP contribution is 2.59. The Hall–Kier alpha value is -5.15. The fourth-order valence-corrected chi connectivity index (χ4v) is 13.1. The molecule has 0 fully saturated rings. The summed E-state index contributed by atoms with van der Waals surface area (Å²) in [7, 11) is 0. The van der Waals surface area contributed by atoms with Gasteiger partial charge in [-0.25, -0.2) is 0 Å². The van der Waals surface area contributed by atoms with E-state index in [-0.39, 0.29) is 10.8 Å². The van der Waals surface area contributed by atoms with E-state index in [2.05, 4.69) is 173 Å². The van der Waals surface area contributed by atoms with Crippen LogP contribution in [-0.4, -0.2) is 5.25 Å². The van der Waals surface area contributed by atoms with Crippen molar-refractivity contribution >= 4 is 54.0 Å². The third-order valence-corrected chi connectivity index (χ3v) is 15.7. The largest absolute Gasteiger partial charge is 0.135 e. The third kappa shape index (κ3) is 4.00. The molecular formula is C52H38S2. The van der Waals surface area contributed by atoms with Gasteiger partial charge in [0.05, 0.1) is 0 Å². The molecule has 7 aromatic carbocycles. The van der Waals surface area contributed by atoms with Crippen molar-refractivity contribution in [2.75, 3.05) is 0 Å². The number of allylic oxidation sites excluding steroid dienone is 3. The van der Waals surface area contributed by atoms with Gasteiger partial charge in [-0.05, 0) is 119 Å². The molecule has 2 heteroatoms. The van der Waals surface area contributed by atoms with Gasteiger partial charge in [0.1, 0.15) is 0 Å². The lowest BCUT2D eigenvalue weighted by Gasteiger charge is -2.36. The van der Waals surface area contributed by atoms with Crippen LogP contribution in [-0.2, 0) is 10.8 Å². The second-order valence-corrected chi connectivity index (χ2v) is 19.0. The van der Waals surface area contributed by atoms with E-state index in [0.29, 0.717) is 11.2 Å². The molecule has 0 amide bonds. The number of rotatable bonds is 2. The molecule has 12 rings (SSSR count). The maximum Gasteiger partial charge on any atom is 0.0381 e. The normalized spacial score (nSPS) is 19.2. The Morgan fingerprint density at radius 2 is 1.17 bits per heavy atom. The molecule has 0 bridgehead atoms. The van der Waals surface area contributed by atoms with Crippen molar-refractivity contribution in [3.63, 3.8) is 0 Å². The zero-order chi connectivity index (χ0) is 36.1. The molecule has 2 unspecified atom stereocenters. The SMILES string of the molecule is CC1(C)c2cc(-c3cccc4c3C3C=CC=CC3S4)ccc2-c2c1cc1c3c(cccc23)C(C)(C)c2cc(-c3cccc4sc5ccccc5c34)ccc2-1. The average Bonchev–Trinajstić information content (AvgIpc) is 3.84. The van der Waals surface area contributed by atoms with Gasteiger partial charge in [-0.3, -0.25) is 0 Å². The van der Waals surface area contributed by atoms with Crippen LogP contribution in [0.3, 0.4) is 0 Å². The zero-order valence-electron chi connectivity index (χ0n) is 30.8. The lowest BCUT2D eigenvalue weighted by Crippen LogP contribution is -2.24. The van der Waals surface area contributed by atoms with Gasteiger partial charge >= 0.3 is 0 Å². The van der Waals surface area contributed by atoms with E-state index in [4.69, 9.17) is 0 Å². The summed E-state index contributed by atoms with van der Waals surface area (Å²) >= 11 is 3.91. The first-order valence-electron chi connectivity index (χ1n) is 19.2. The van der Waals surface area contributed by atoms with E-state index in [9.17, 15) is 0 Å². The van der Waals surface area contributed by atoms with Gasteiger partial charge in [-0.15, -0.1) is 23.1 Å². The number of thioether (sulfide) groups is 1. The number of hydrogen-bond donors (Lipinski definition) is 0. The first-order valence-corrected chi connectivity index (χ1v) is 20.9. The van der Waals surface area contributed by atoms with Crippen LogP contribution < -0.4 is 0 Å². The monoisotopic (exact) mass is 726 g/mol. The summed E-state index contributed by atoms with van der Waals surface area (Å²) in [5, 5.41) is 6.01. The Kier molecular flexibility index (Phi) is 6.22. The molecule has 2 atom stereocenters. The van der Waals surface area contributed by atoms with E-state index in [1.54, 1.807) is 0 Å². The fourth-order valence-electron chi connectivity index (χ4n) is 10.6. The van der Waals surface area contributed by atoms with Crippen LogP contribution in [0.25, 0.3) is 75.5 Å². The zero-order valence-corrected chi connectivity index (χ0v) is 32.5. The van der Waals surface area contributed by atoms with Crippen molar-refractivity contribution in [3.8, 4) is 44.5 Å². The van der Waals surface area contributed by atoms with Gasteiger partial charge in [-0.1, -0.05) is 137 Å². The van der Waals surface area contributed by atoms with Crippen molar-refractivity contribution in [1.82, 2.24) is 0 Å². The third-order valence-electron chi connectivity index (χ3n) is 13.2. The Bertz CT molecular complexity index is 3040. The maximum atomic E-state index is 2.57. The van der Waals surface area contributed by atoms with Crippen LogP contribution in [0, 0.1) is 0 Å². The minimum Gasteiger partial charge on any atom is -0.135 e. The number of hydrogen-bond acceptors (Lipinski definition) is 2. The second kappa shape index (κ2) is 10.7. The van der Waals surface area contributed by atoms with E-state index in [1.165, 1.54) is 108 Å². The van der Waals surface area contributed by atoms with Gasteiger partial charge in [0.25, 0.3) is 0 Å². The molecular weight excluding hydrogens is 689 g/mol. The molecule has 0 saturated heterocycles. The van der Waals surface area contributed by atoms with Crippen LogP contribution in [0.5, 0.6) is 0 Å². The van der Waals surface area contributed by atoms with Crippen molar-refractivity contribution < 1.29 is 0 Å². The smallest absolute Gasteiger partial charge is 0.0381 e. The molecule has 54 heavy (non-hydrogen) atoms. The predicted molar refractivity (Wildman–Crippen MR) is 234 cm³/mol. The van der Waals surface area contributed by atoms with Gasteiger partial charge in [0, 0.05) is 47.1 Å². The second-order valence-electron chi connectivity index (χ2n) is 16.7. The molecule has 8 aromatic rings. The number of benzene rings is 7. The Morgan fingerprint density at radius 1 is 0.481 bits per heavy atom. The summed E-state index contributed by atoms with van der Waals surface area (Å²) in [6.07, 6.45) is 9.21. The molecule has 0 saturated carbocycles. The quantitative estimate of drug-likeness (QED) is 0.171. The van der Waals surface area contributed by atoms with Gasteiger partial charge < -0.3 is 0 Å². The van der Waals surface area contributed by atoms with Crippen LogP contribution in [0.2, 0.25) is 0 Å². The maximum absolute atomic E-state index is 2.57. The average molecular weight is 727 g/mol. The molecule has 0 radical (unpaired) electrons. The van der Waals surface area contributed by atoms with Crippen LogP contribution in [0.1, 0.15) is 61.4 Å². The van der Waals surface area contributed by atoms with Crippen LogP contribution >= 0.6 is 23.1 Å². The van der Waals surface area contributed by atoms with E-state index in [0.717, 1.165) is 0 Å². The molecule has 1 aliphatic heterocycles. The van der Waals surface area contributed by atoms with Crippen molar-refractivity contribution in [3.05, 3.63) is 173 Å². The highest BCUT2D eigenvalue weighted by Gasteiger charge is 2.41.